The zero-order chi connectivity index (χ0) is 27.2. The second kappa shape index (κ2) is 14.9. The van der Waals surface area contributed by atoms with Gasteiger partial charge in [-0.15, -0.1) is 4.91 Å². The van der Waals surface area contributed by atoms with Crippen molar-refractivity contribution >= 4 is 28.0 Å². The van der Waals surface area contributed by atoms with Crippen LogP contribution in [0.2, 0.25) is 0 Å². The van der Waals surface area contributed by atoms with Crippen molar-refractivity contribution in [1.29, 1.82) is 0 Å². The van der Waals surface area contributed by atoms with Crippen LogP contribution in [0.15, 0.2) is 77.0 Å². The molecule has 3 aromatic rings. The van der Waals surface area contributed by atoms with Crippen molar-refractivity contribution in [3.63, 3.8) is 0 Å². The monoisotopic (exact) mass is 541 g/mol. The molecule has 0 fully saturated rings. The number of aromatic nitrogens is 1. The third-order valence-corrected chi connectivity index (χ3v) is 6.57. The van der Waals surface area contributed by atoms with Crippen molar-refractivity contribution in [2.75, 3.05) is 51.7 Å². The predicted molar refractivity (Wildman–Crippen MR) is 145 cm³/mol. The van der Waals surface area contributed by atoms with Crippen LogP contribution in [0, 0.1) is 11.8 Å². The standard InChI is InChI=1S/C27H31N3O7S/c1-22-3-12-26(13-4-22)38(32,33)37-20-18-35-16-15-34-17-19-36-27-14-9-24(21-28-27)6-5-23-7-10-25(11-8-23)30(2)29-31/h3-14,21H,15-20H2,1-2H3/b6-5+. The number of nitrogens with zero attached hydrogens (tertiary/aromatic N) is 3. The summed E-state index contributed by atoms with van der Waals surface area (Å²) in [7, 11) is -2.19. The molecule has 0 radical (unpaired) electrons. The van der Waals surface area contributed by atoms with Crippen LogP contribution >= 0.6 is 0 Å². The fraction of sp³-hybridized carbons (Fsp3) is 0.296. The van der Waals surface area contributed by atoms with Gasteiger partial charge >= 0.3 is 0 Å². The first-order chi connectivity index (χ1) is 18.4. The summed E-state index contributed by atoms with van der Waals surface area (Å²) in [5, 5.41) is 4.13. The summed E-state index contributed by atoms with van der Waals surface area (Å²) in [6.07, 6.45) is 5.58. The van der Waals surface area contributed by atoms with E-state index in [9.17, 15) is 13.3 Å². The molecule has 1 heterocycles. The predicted octanol–water partition coefficient (Wildman–Crippen LogP) is 4.50. The van der Waals surface area contributed by atoms with E-state index in [4.69, 9.17) is 18.4 Å². The number of anilines is 1. The molecule has 0 aliphatic heterocycles. The average molecular weight is 542 g/mol. The van der Waals surface area contributed by atoms with Crippen LogP contribution < -0.4 is 9.75 Å². The van der Waals surface area contributed by atoms with Crippen molar-refractivity contribution < 1.29 is 26.8 Å². The topological polar surface area (TPSA) is 117 Å². The molecule has 2 aromatic carbocycles. The van der Waals surface area contributed by atoms with Crippen LogP contribution in [0.3, 0.4) is 0 Å². The Kier molecular flexibility index (Phi) is 11.4. The van der Waals surface area contributed by atoms with Crippen molar-refractivity contribution in [2.45, 2.75) is 11.8 Å². The van der Waals surface area contributed by atoms with E-state index < -0.39 is 10.1 Å². The lowest BCUT2D eigenvalue weighted by Crippen LogP contribution is -2.15. The quantitative estimate of drug-likeness (QED) is 0.112. The highest BCUT2D eigenvalue weighted by Crippen LogP contribution is 2.16. The molecular formula is C27H31N3O7S. The summed E-state index contributed by atoms with van der Waals surface area (Å²) in [6, 6.07) is 17.6. The van der Waals surface area contributed by atoms with Crippen molar-refractivity contribution in [1.82, 2.24) is 4.98 Å². The summed E-state index contributed by atoms with van der Waals surface area (Å²) in [6.45, 7) is 3.28. The third-order valence-electron chi connectivity index (χ3n) is 5.24. The van der Waals surface area contributed by atoms with Gasteiger partial charge in [0.15, 0.2) is 0 Å². The molecule has 0 aliphatic rings. The second-order valence-electron chi connectivity index (χ2n) is 8.12. The molecule has 0 amide bonds. The van der Waals surface area contributed by atoms with E-state index in [2.05, 4.69) is 10.3 Å². The molecular weight excluding hydrogens is 510 g/mol. The fourth-order valence-electron chi connectivity index (χ4n) is 3.12. The van der Waals surface area contributed by atoms with Gasteiger partial charge in [0, 0.05) is 19.3 Å². The minimum atomic E-state index is -3.78. The maximum Gasteiger partial charge on any atom is 0.297 e. The minimum absolute atomic E-state index is 0.0703. The molecule has 11 heteroatoms. The summed E-state index contributed by atoms with van der Waals surface area (Å²) in [5.74, 6) is 0.489. The molecule has 10 nitrogen and oxygen atoms in total. The van der Waals surface area contributed by atoms with E-state index >= 15 is 0 Å². The van der Waals surface area contributed by atoms with Gasteiger partial charge < -0.3 is 14.2 Å². The molecule has 0 bridgehead atoms. The lowest BCUT2D eigenvalue weighted by Gasteiger charge is -2.08. The summed E-state index contributed by atoms with van der Waals surface area (Å²) in [5.41, 5.74) is 3.58. The Morgan fingerprint density at radius 3 is 2.05 bits per heavy atom. The number of pyridine rings is 1. The van der Waals surface area contributed by atoms with Gasteiger partial charge in [0.2, 0.25) is 5.88 Å². The Morgan fingerprint density at radius 1 is 0.816 bits per heavy atom. The van der Waals surface area contributed by atoms with Crippen LogP contribution in [-0.4, -0.2) is 60.1 Å². The number of rotatable bonds is 16. The highest BCUT2D eigenvalue weighted by atomic mass is 32.2. The first kappa shape index (κ1) is 28.9. The molecule has 0 saturated carbocycles. The summed E-state index contributed by atoms with van der Waals surface area (Å²) < 4.78 is 45.5. The van der Waals surface area contributed by atoms with E-state index in [1.54, 1.807) is 31.4 Å². The van der Waals surface area contributed by atoms with Crippen LogP contribution in [-0.2, 0) is 23.8 Å². The molecule has 0 aliphatic carbocycles. The maximum atomic E-state index is 12.1. The first-order valence-corrected chi connectivity index (χ1v) is 13.3. The van der Waals surface area contributed by atoms with E-state index in [0.717, 1.165) is 16.7 Å². The van der Waals surface area contributed by atoms with Gasteiger partial charge in [0.25, 0.3) is 10.1 Å². The molecule has 38 heavy (non-hydrogen) atoms. The highest BCUT2D eigenvalue weighted by Gasteiger charge is 2.14. The van der Waals surface area contributed by atoms with Gasteiger partial charge in [-0.25, -0.2) is 9.99 Å². The van der Waals surface area contributed by atoms with Gasteiger partial charge in [-0.05, 0) is 48.4 Å². The summed E-state index contributed by atoms with van der Waals surface area (Å²) >= 11 is 0. The van der Waals surface area contributed by atoms with Crippen molar-refractivity contribution in [2.24, 2.45) is 5.29 Å². The highest BCUT2D eigenvalue weighted by molar-refractivity contribution is 7.86. The van der Waals surface area contributed by atoms with Crippen LogP contribution in [0.25, 0.3) is 12.2 Å². The fourth-order valence-corrected chi connectivity index (χ4v) is 4.01. The molecule has 0 spiro atoms. The third kappa shape index (κ3) is 9.67. The molecule has 0 N–H and O–H groups in total. The molecule has 1 aromatic heterocycles. The minimum Gasteiger partial charge on any atom is -0.475 e. The lowest BCUT2D eigenvalue weighted by atomic mass is 10.1. The van der Waals surface area contributed by atoms with Crippen LogP contribution in [0.5, 0.6) is 5.88 Å². The number of hydrogen-bond donors (Lipinski definition) is 0. The smallest absolute Gasteiger partial charge is 0.297 e. The molecule has 0 unspecified atom stereocenters. The number of aryl methyl sites for hydroxylation is 1. The van der Waals surface area contributed by atoms with Crippen LogP contribution in [0.1, 0.15) is 16.7 Å². The van der Waals surface area contributed by atoms with Crippen molar-refractivity contribution in [3.05, 3.63) is 88.5 Å². The number of nitroso groups, excluding NO2 is 1. The van der Waals surface area contributed by atoms with E-state index in [1.807, 2.05) is 49.4 Å². The van der Waals surface area contributed by atoms with Gasteiger partial charge in [0.1, 0.15) is 6.61 Å². The normalized spacial score (nSPS) is 11.5. The number of benzene rings is 2. The Morgan fingerprint density at radius 2 is 1.42 bits per heavy atom. The average Bonchev–Trinajstić information content (AvgIpc) is 2.93. The zero-order valence-corrected chi connectivity index (χ0v) is 22.2. The Hall–Kier alpha value is -3.64. The van der Waals surface area contributed by atoms with Crippen molar-refractivity contribution in [3.8, 4) is 5.88 Å². The first-order valence-electron chi connectivity index (χ1n) is 11.9. The SMILES string of the molecule is Cc1ccc(S(=O)(=O)OCCOCCOCCOc2ccc(/C=C/c3ccc(N(C)N=O)cc3)cn2)cc1. The van der Waals surface area contributed by atoms with E-state index in [0.29, 0.717) is 38.0 Å². The lowest BCUT2D eigenvalue weighted by molar-refractivity contribution is 0.0275. The Bertz CT molecular complexity index is 1260. The number of ether oxygens (including phenoxy) is 3. The molecule has 0 saturated heterocycles. The summed E-state index contributed by atoms with van der Waals surface area (Å²) in [4.78, 5) is 15.0. The van der Waals surface area contributed by atoms with Gasteiger partial charge in [-0.2, -0.15) is 8.42 Å². The van der Waals surface area contributed by atoms with Gasteiger partial charge in [0.05, 0.1) is 48.9 Å². The maximum absolute atomic E-state index is 12.1. The number of hydrogen-bond acceptors (Lipinski definition) is 9. The van der Waals surface area contributed by atoms with Crippen LogP contribution in [0.4, 0.5) is 5.69 Å². The molecule has 0 atom stereocenters. The van der Waals surface area contributed by atoms with E-state index in [-0.39, 0.29) is 18.1 Å². The molecule has 3 rings (SSSR count). The Balaban J connectivity index is 1.24. The van der Waals surface area contributed by atoms with Gasteiger partial charge in [-0.1, -0.05) is 42.0 Å². The van der Waals surface area contributed by atoms with Gasteiger partial charge in [-0.3, -0.25) is 4.18 Å². The second-order valence-corrected chi connectivity index (χ2v) is 9.74. The molecule has 202 valence electrons. The van der Waals surface area contributed by atoms with E-state index in [1.165, 1.54) is 17.1 Å². The largest absolute Gasteiger partial charge is 0.475 e. The Labute approximate surface area is 222 Å². The zero-order valence-electron chi connectivity index (χ0n) is 21.4.